The largest absolute Gasteiger partial charge is 0.401 e. The van der Waals surface area contributed by atoms with E-state index in [9.17, 15) is 13.2 Å². The van der Waals surface area contributed by atoms with Gasteiger partial charge in [0.1, 0.15) is 0 Å². The van der Waals surface area contributed by atoms with Crippen LogP contribution in [-0.4, -0.2) is 48.8 Å². The van der Waals surface area contributed by atoms with E-state index in [1.54, 1.807) is 6.20 Å². The molecular weight excluding hydrogens is 257 g/mol. The number of nitrogens with two attached hydrogens (primary N) is 1. The minimum atomic E-state index is -4.14. The van der Waals surface area contributed by atoms with E-state index in [-0.39, 0.29) is 0 Å². The lowest BCUT2D eigenvalue weighted by atomic mass is 10.2. The van der Waals surface area contributed by atoms with E-state index in [1.165, 1.54) is 4.90 Å². The Bertz CT molecular complexity index is 439. The smallest absolute Gasteiger partial charge is 0.396 e. The molecule has 106 valence electrons. The van der Waals surface area contributed by atoms with Gasteiger partial charge in [-0.15, -0.1) is 0 Å². The number of hydrogen-bond acceptors (Lipinski definition) is 4. The van der Waals surface area contributed by atoms with Crippen molar-refractivity contribution in [2.75, 3.05) is 43.4 Å². The number of pyridine rings is 1. The van der Waals surface area contributed by atoms with E-state index >= 15 is 0 Å². The van der Waals surface area contributed by atoms with Gasteiger partial charge < -0.3 is 10.6 Å². The maximum atomic E-state index is 12.3. The van der Waals surface area contributed by atoms with Crippen LogP contribution in [0.1, 0.15) is 5.56 Å². The van der Waals surface area contributed by atoms with Crippen molar-refractivity contribution in [2.45, 2.75) is 13.1 Å². The van der Waals surface area contributed by atoms with Crippen LogP contribution in [-0.2, 0) is 0 Å². The summed E-state index contributed by atoms with van der Waals surface area (Å²) in [7, 11) is 0. The van der Waals surface area contributed by atoms with Gasteiger partial charge >= 0.3 is 6.18 Å². The van der Waals surface area contributed by atoms with Crippen molar-refractivity contribution in [3.8, 4) is 0 Å². The van der Waals surface area contributed by atoms with Gasteiger partial charge in [0.15, 0.2) is 5.82 Å². The molecule has 7 heteroatoms. The second-order valence-electron chi connectivity index (χ2n) is 4.80. The van der Waals surface area contributed by atoms with Crippen LogP contribution < -0.4 is 10.6 Å². The molecule has 1 aliphatic heterocycles. The van der Waals surface area contributed by atoms with Crippen LogP contribution >= 0.6 is 0 Å². The Morgan fingerprint density at radius 3 is 2.42 bits per heavy atom. The predicted octanol–water partition coefficient (Wildman–Crippen LogP) is 1.66. The van der Waals surface area contributed by atoms with Crippen molar-refractivity contribution < 1.29 is 13.2 Å². The van der Waals surface area contributed by atoms with Crippen molar-refractivity contribution in [3.05, 3.63) is 17.8 Å². The molecule has 2 heterocycles. The number of aromatic nitrogens is 1. The molecule has 2 N–H and O–H groups in total. The highest BCUT2D eigenvalue weighted by atomic mass is 19.4. The summed E-state index contributed by atoms with van der Waals surface area (Å²) >= 11 is 0. The molecule has 19 heavy (non-hydrogen) atoms. The average molecular weight is 274 g/mol. The summed E-state index contributed by atoms with van der Waals surface area (Å²) in [5.41, 5.74) is 7.43. The first kappa shape index (κ1) is 13.9. The molecule has 1 aromatic rings. The van der Waals surface area contributed by atoms with Crippen LogP contribution in [0, 0.1) is 6.92 Å². The summed E-state index contributed by atoms with van der Waals surface area (Å²) in [5.74, 6) is 0.664. The predicted molar refractivity (Wildman–Crippen MR) is 68.1 cm³/mol. The third kappa shape index (κ3) is 3.73. The van der Waals surface area contributed by atoms with Gasteiger partial charge in [-0.3, -0.25) is 4.90 Å². The zero-order valence-electron chi connectivity index (χ0n) is 10.7. The Morgan fingerprint density at radius 1 is 1.26 bits per heavy atom. The van der Waals surface area contributed by atoms with Crippen LogP contribution in [0.3, 0.4) is 0 Å². The first-order valence-electron chi connectivity index (χ1n) is 6.11. The Labute approximate surface area is 110 Å². The summed E-state index contributed by atoms with van der Waals surface area (Å²) < 4.78 is 36.8. The molecule has 1 aromatic heterocycles. The third-order valence-corrected chi connectivity index (χ3v) is 3.11. The highest BCUT2D eigenvalue weighted by Crippen LogP contribution is 2.23. The molecule has 1 saturated heterocycles. The Balaban J connectivity index is 1.96. The molecule has 1 fully saturated rings. The minimum absolute atomic E-state index is 0.370. The van der Waals surface area contributed by atoms with Crippen LogP contribution in [0.15, 0.2) is 12.3 Å². The molecular formula is C12H17F3N4. The number of hydrogen-bond donors (Lipinski definition) is 1. The highest BCUT2D eigenvalue weighted by Gasteiger charge is 2.32. The molecule has 0 atom stereocenters. The van der Waals surface area contributed by atoms with E-state index in [2.05, 4.69) is 4.98 Å². The van der Waals surface area contributed by atoms with Gasteiger partial charge in [-0.05, 0) is 18.6 Å². The van der Waals surface area contributed by atoms with Gasteiger partial charge in [0.2, 0.25) is 0 Å². The first-order chi connectivity index (χ1) is 8.85. The number of alkyl halides is 3. The molecule has 0 amide bonds. The summed E-state index contributed by atoms with van der Waals surface area (Å²) in [4.78, 5) is 7.60. The van der Waals surface area contributed by atoms with E-state index in [1.807, 2.05) is 17.9 Å². The topological polar surface area (TPSA) is 45.4 Å². The molecule has 4 nitrogen and oxygen atoms in total. The van der Waals surface area contributed by atoms with Crippen LogP contribution in [0.25, 0.3) is 0 Å². The standard InChI is InChI=1S/C12H17F3N4/c1-9-6-10(16)11(17-7-9)19-4-2-18(3-5-19)8-12(13,14)15/h6-7H,2-5,8,16H2,1H3. The zero-order valence-corrected chi connectivity index (χ0v) is 10.7. The number of halogens is 3. The molecule has 0 aromatic carbocycles. The van der Waals surface area contributed by atoms with Crippen molar-refractivity contribution in [3.63, 3.8) is 0 Å². The number of aryl methyl sites for hydroxylation is 1. The van der Waals surface area contributed by atoms with Crippen LogP contribution in [0.4, 0.5) is 24.7 Å². The van der Waals surface area contributed by atoms with E-state index in [4.69, 9.17) is 5.73 Å². The molecule has 1 aliphatic rings. The fraction of sp³-hybridized carbons (Fsp3) is 0.583. The number of nitrogens with zero attached hydrogens (tertiary/aromatic N) is 3. The maximum Gasteiger partial charge on any atom is 0.401 e. The van der Waals surface area contributed by atoms with E-state index in [0.29, 0.717) is 37.7 Å². The number of anilines is 2. The van der Waals surface area contributed by atoms with Gasteiger partial charge in [0, 0.05) is 32.4 Å². The molecule has 0 radical (unpaired) electrons. The molecule has 0 aliphatic carbocycles. The Hall–Kier alpha value is -1.50. The van der Waals surface area contributed by atoms with Gasteiger partial charge in [-0.2, -0.15) is 13.2 Å². The molecule has 0 bridgehead atoms. The fourth-order valence-corrected chi connectivity index (χ4v) is 2.22. The SMILES string of the molecule is Cc1cnc(N2CCN(CC(F)(F)F)CC2)c(N)c1. The van der Waals surface area contributed by atoms with Gasteiger partial charge in [0.05, 0.1) is 12.2 Å². The second kappa shape index (κ2) is 5.24. The zero-order chi connectivity index (χ0) is 14.0. The van der Waals surface area contributed by atoms with Crippen molar-refractivity contribution in [1.82, 2.24) is 9.88 Å². The van der Waals surface area contributed by atoms with Crippen molar-refractivity contribution in [1.29, 1.82) is 0 Å². The molecule has 0 saturated carbocycles. The van der Waals surface area contributed by atoms with E-state index in [0.717, 1.165) is 5.56 Å². The minimum Gasteiger partial charge on any atom is -0.396 e. The first-order valence-corrected chi connectivity index (χ1v) is 6.11. The monoisotopic (exact) mass is 274 g/mol. The number of piperazine rings is 1. The van der Waals surface area contributed by atoms with Gasteiger partial charge in [-0.25, -0.2) is 4.98 Å². The molecule has 2 rings (SSSR count). The van der Waals surface area contributed by atoms with Crippen molar-refractivity contribution >= 4 is 11.5 Å². The highest BCUT2D eigenvalue weighted by molar-refractivity contribution is 5.63. The normalized spacial score (nSPS) is 17.8. The van der Waals surface area contributed by atoms with E-state index < -0.39 is 12.7 Å². The van der Waals surface area contributed by atoms with Gasteiger partial charge in [-0.1, -0.05) is 0 Å². The fourth-order valence-electron chi connectivity index (χ4n) is 2.22. The van der Waals surface area contributed by atoms with Crippen LogP contribution in [0.2, 0.25) is 0 Å². The van der Waals surface area contributed by atoms with Crippen molar-refractivity contribution in [2.24, 2.45) is 0 Å². The lowest BCUT2D eigenvalue weighted by Gasteiger charge is -2.36. The summed E-state index contributed by atoms with van der Waals surface area (Å²) in [6.45, 7) is 2.81. The summed E-state index contributed by atoms with van der Waals surface area (Å²) in [6, 6.07) is 1.82. The van der Waals surface area contributed by atoms with Crippen LogP contribution in [0.5, 0.6) is 0 Å². The summed E-state index contributed by atoms with van der Waals surface area (Å²) in [6.07, 6.45) is -2.42. The second-order valence-corrected chi connectivity index (χ2v) is 4.80. The lowest BCUT2D eigenvalue weighted by Crippen LogP contribution is -2.49. The summed E-state index contributed by atoms with van der Waals surface area (Å²) in [5, 5.41) is 0. The number of nitrogen functional groups attached to an aromatic ring is 1. The molecule has 0 spiro atoms. The number of rotatable bonds is 2. The maximum absolute atomic E-state index is 12.3. The lowest BCUT2D eigenvalue weighted by molar-refractivity contribution is -0.146. The van der Waals surface area contributed by atoms with Gasteiger partial charge in [0.25, 0.3) is 0 Å². The quantitative estimate of drug-likeness (QED) is 0.891. The molecule has 0 unspecified atom stereocenters. The average Bonchev–Trinajstić information content (AvgIpc) is 2.28. The Morgan fingerprint density at radius 2 is 1.89 bits per heavy atom. The third-order valence-electron chi connectivity index (χ3n) is 3.11. The Kier molecular flexibility index (Phi) is 3.84.